The number of thiocarbonyl (C=S) groups is 1. The van der Waals surface area contributed by atoms with Crippen LogP contribution in [0.3, 0.4) is 0 Å². The van der Waals surface area contributed by atoms with Crippen LogP contribution < -0.4 is 0 Å². The molecule has 0 spiro atoms. The number of methoxy groups -OCH3 is 1. The Morgan fingerprint density at radius 3 is 2.27 bits per heavy atom. The van der Waals surface area contributed by atoms with E-state index in [0.29, 0.717) is 0 Å². The largest absolute Gasteiger partial charge is 0.485 e. The molecule has 0 aliphatic carbocycles. The van der Waals surface area contributed by atoms with E-state index in [0.717, 1.165) is 0 Å². The van der Waals surface area contributed by atoms with Crippen molar-refractivity contribution in [3.05, 3.63) is 0 Å². The molecule has 0 bridgehead atoms. The Labute approximate surface area is 70.2 Å². The van der Waals surface area contributed by atoms with E-state index in [1.807, 2.05) is 0 Å². The number of ketones is 1. The fourth-order valence-electron chi connectivity index (χ4n) is 0.433. The molecule has 4 nitrogen and oxygen atoms in total. The van der Waals surface area contributed by atoms with Gasteiger partial charge in [-0.15, -0.1) is 0 Å². The summed E-state index contributed by atoms with van der Waals surface area (Å²) in [4.78, 5) is 15.1. The molecule has 11 heavy (non-hydrogen) atoms. The van der Waals surface area contributed by atoms with Crippen molar-refractivity contribution in [2.45, 2.75) is 6.92 Å². The molecule has 62 valence electrons. The maximum atomic E-state index is 10.8. The Morgan fingerprint density at radius 1 is 1.45 bits per heavy atom. The molecule has 0 N–H and O–H groups in total. The van der Waals surface area contributed by atoms with Crippen molar-refractivity contribution in [1.82, 2.24) is 0 Å². The van der Waals surface area contributed by atoms with Crippen LogP contribution in [0.4, 0.5) is 0 Å². The smallest absolute Gasteiger partial charge is 0.217 e. The topological polar surface area (TPSA) is 47.9 Å². The average Bonchev–Trinajstić information content (AvgIpc) is 1.98. The third-order valence-corrected chi connectivity index (χ3v) is 1.25. The summed E-state index contributed by atoms with van der Waals surface area (Å²) in [7, 11) is 2.71. The molecule has 0 fully saturated rings. The number of nitrogens with zero attached hydrogens (tertiary/aromatic N) is 1. The number of ether oxygens (including phenoxy) is 1. The zero-order chi connectivity index (χ0) is 8.85. The SMILES string of the molecule is CON=C(C(C)=O)C(=S)OC. The van der Waals surface area contributed by atoms with Gasteiger partial charge in [0.05, 0.1) is 7.11 Å². The normalized spacial score (nSPS) is 10.6. The van der Waals surface area contributed by atoms with Crippen molar-refractivity contribution in [3.8, 4) is 0 Å². The minimum atomic E-state index is -0.279. The van der Waals surface area contributed by atoms with E-state index in [2.05, 4.69) is 26.9 Å². The van der Waals surface area contributed by atoms with Gasteiger partial charge in [0.2, 0.25) is 5.05 Å². The summed E-state index contributed by atoms with van der Waals surface area (Å²) < 4.78 is 4.63. The molecule has 0 radical (unpaired) electrons. The summed E-state index contributed by atoms with van der Waals surface area (Å²) in [6, 6.07) is 0. The predicted octanol–water partition coefficient (Wildman–Crippen LogP) is 0.552. The monoisotopic (exact) mass is 175 g/mol. The molecule has 0 saturated heterocycles. The van der Waals surface area contributed by atoms with Gasteiger partial charge in [-0.25, -0.2) is 0 Å². The molecule has 0 aliphatic rings. The van der Waals surface area contributed by atoms with Gasteiger partial charge in [0.25, 0.3) is 0 Å². The molecule has 0 saturated carbocycles. The van der Waals surface area contributed by atoms with Crippen molar-refractivity contribution in [2.24, 2.45) is 5.16 Å². The Kier molecular flexibility index (Phi) is 4.36. The van der Waals surface area contributed by atoms with Crippen molar-refractivity contribution in [2.75, 3.05) is 14.2 Å². The van der Waals surface area contributed by atoms with Crippen LogP contribution in [0.1, 0.15) is 6.92 Å². The molecule has 0 aromatic rings. The summed E-state index contributed by atoms with van der Waals surface area (Å²) >= 11 is 4.66. The highest BCUT2D eigenvalue weighted by Crippen LogP contribution is 1.89. The molecule has 0 atom stereocenters. The summed E-state index contributed by atoms with van der Waals surface area (Å²) in [5.74, 6) is -0.279. The minimum Gasteiger partial charge on any atom is -0.485 e. The number of Topliss-reactive ketones (excluding diaryl/α,β-unsaturated/α-hetero) is 1. The second-order valence-electron chi connectivity index (χ2n) is 1.67. The molecule has 0 aliphatic heterocycles. The number of rotatable bonds is 3. The van der Waals surface area contributed by atoms with E-state index in [1.54, 1.807) is 0 Å². The van der Waals surface area contributed by atoms with Gasteiger partial charge in [0.15, 0.2) is 11.5 Å². The van der Waals surface area contributed by atoms with Crippen molar-refractivity contribution in [3.63, 3.8) is 0 Å². The van der Waals surface area contributed by atoms with Gasteiger partial charge < -0.3 is 9.57 Å². The Bertz CT molecular complexity index is 200. The van der Waals surface area contributed by atoms with Crippen LogP contribution in [0, 0.1) is 0 Å². The molecule has 0 aromatic heterocycles. The maximum Gasteiger partial charge on any atom is 0.217 e. The third kappa shape index (κ3) is 3.08. The predicted molar refractivity (Wildman–Crippen MR) is 44.7 cm³/mol. The Balaban J connectivity index is 4.48. The van der Waals surface area contributed by atoms with Gasteiger partial charge in [0, 0.05) is 6.92 Å². The summed E-state index contributed by atoms with van der Waals surface area (Å²) in [5, 5.41) is 3.44. The second-order valence-corrected chi connectivity index (χ2v) is 2.04. The summed E-state index contributed by atoms with van der Waals surface area (Å²) in [5.41, 5.74) is 0.0324. The zero-order valence-corrected chi connectivity index (χ0v) is 7.40. The van der Waals surface area contributed by atoms with Crippen LogP contribution in [-0.2, 0) is 14.4 Å². The first-order chi connectivity index (χ1) is 5.13. The highest BCUT2D eigenvalue weighted by molar-refractivity contribution is 7.82. The Hall–Kier alpha value is -0.970. The molecule has 0 aromatic carbocycles. The zero-order valence-electron chi connectivity index (χ0n) is 6.58. The number of carbonyl (C=O) groups excluding carboxylic acids is 1. The average molecular weight is 175 g/mol. The van der Waals surface area contributed by atoms with Gasteiger partial charge in [0.1, 0.15) is 7.11 Å². The number of hydrogen-bond acceptors (Lipinski definition) is 5. The van der Waals surface area contributed by atoms with Crippen LogP contribution in [0.5, 0.6) is 0 Å². The van der Waals surface area contributed by atoms with Gasteiger partial charge in [-0.2, -0.15) is 0 Å². The first kappa shape index (κ1) is 10.0. The van der Waals surface area contributed by atoms with E-state index in [-0.39, 0.29) is 16.5 Å². The Morgan fingerprint density at radius 2 is 2.00 bits per heavy atom. The lowest BCUT2D eigenvalue weighted by atomic mass is 10.3. The highest BCUT2D eigenvalue weighted by atomic mass is 32.1. The number of hydrogen-bond donors (Lipinski definition) is 0. The molecule has 0 rings (SSSR count). The third-order valence-electron chi connectivity index (χ3n) is 0.895. The van der Waals surface area contributed by atoms with Crippen LogP contribution in [0.2, 0.25) is 0 Å². The summed E-state index contributed by atoms with van der Waals surface area (Å²) in [6.45, 7) is 1.34. The van der Waals surface area contributed by atoms with Crippen LogP contribution >= 0.6 is 12.2 Å². The molecular formula is C6H9NO3S. The van der Waals surface area contributed by atoms with Crippen LogP contribution in [0.25, 0.3) is 0 Å². The first-order valence-electron chi connectivity index (χ1n) is 2.84. The van der Waals surface area contributed by atoms with E-state index < -0.39 is 0 Å². The maximum absolute atomic E-state index is 10.8. The lowest BCUT2D eigenvalue weighted by molar-refractivity contribution is -0.111. The van der Waals surface area contributed by atoms with E-state index >= 15 is 0 Å². The van der Waals surface area contributed by atoms with Gasteiger partial charge in [-0.3, -0.25) is 4.79 Å². The highest BCUT2D eigenvalue weighted by Gasteiger charge is 2.13. The second kappa shape index (κ2) is 4.79. The first-order valence-corrected chi connectivity index (χ1v) is 3.24. The lowest BCUT2D eigenvalue weighted by Crippen LogP contribution is -2.21. The van der Waals surface area contributed by atoms with Gasteiger partial charge in [-0.1, -0.05) is 5.16 Å². The van der Waals surface area contributed by atoms with Gasteiger partial charge in [-0.05, 0) is 12.2 Å². The standard InChI is InChI=1S/C6H9NO3S/c1-4(8)5(7-10-3)6(11)9-2/h1-3H3. The molecule has 0 unspecified atom stereocenters. The van der Waals surface area contributed by atoms with Crippen LogP contribution in [0.15, 0.2) is 5.16 Å². The van der Waals surface area contributed by atoms with Crippen molar-refractivity contribution in [1.29, 1.82) is 0 Å². The minimum absolute atomic E-state index is 0.0324. The quantitative estimate of drug-likeness (QED) is 0.357. The van der Waals surface area contributed by atoms with Crippen molar-refractivity contribution >= 4 is 28.8 Å². The summed E-state index contributed by atoms with van der Waals surface area (Å²) in [6.07, 6.45) is 0. The van der Waals surface area contributed by atoms with Crippen molar-refractivity contribution < 1.29 is 14.4 Å². The fourth-order valence-corrected chi connectivity index (χ4v) is 0.614. The molecule has 0 amide bonds. The number of oxime groups is 1. The van der Waals surface area contributed by atoms with E-state index in [9.17, 15) is 4.79 Å². The molecule has 0 heterocycles. The van der Waals surface area contributed by atoms with E-state index in [1.165, 1.54) is 21.1 Å². The van der Waals surface area contributed by atoms with Crippen LogP contribution in [-0.4, -0.2) is 30.8 Å². The molecular weight excluding hydrogens is 166 g/mol. The van der Waals surface area contributed by atoms with E-state index in [4.69, 9.17) is 0 Å². The number of carbonyl (C=O) groups is 1. The lowest BCUT2D eigenvalue weighted by Gasteiger charge is -2.00. The molecule has 5 heteroatoms. The van der Waals surface area contributed by atoms with Gasteiger partial charge >= 0.3 is 0 Å². The fraction of sp³-hybridized carbons (Fsp3) is 0.500.